The molecule has 0 fully saturated rings. The number of rotatable bonds is 1. The van der Waals surface area contributed by atoms with Crippen LogP contribution < -0.4 is 0 Å². The predicted molar refractivity (Wildman–Crippen MR) is 39.0 cm³/mol. The van der Waals surface area contributed by atoms with E-state index in [1.165, 1.54) is 0 Å². The second-order valence-electron chi connectivity index (χ2n) is 0.673. The van der Waals surface area contributed by atoms with Crippen LogP contribution in [0, 0.1) is 0 Å². The Balaban J connectivity index is -0.00000000833. The minimum Gasteiger partial charge on any atom is -1.00 e. The SMILES string of the molecule is O=P(O)(O)O[SiH3].[H-].[H-].[H-].[H-].[Mg+2].[Sr+2]. The molecule has 0 radical (unpaired) electrons. The minimum absolute atomic E-state index is 0. The zero-order chi connectivity index (χ0) is 5.21. The van der Waals surface area contributed by atoms with Gasteiger partial charge in [0.25, 0.3) is 0 Å². The molecular weight excluding hydrogens is 235 g/mol. The first-order valence-electron chi connectivity index (χ1n) is 1.17. The number of hydrogen-bond donors (Lipinski definition) is 2. The van der Waals surface area contributed by atoms with Gasteiger partial charge in [-0.05, 0) is 0 Å². The fraction of sp³-hybridized carbons (Fsp3) is 0. The van der Waals surface area contributed by atoms with E-state index in [2.05, 4.69) is 4.21 Å². The number of hydrogen-bond acceptors (Lipinski definition) is 2. The van der Waals surface area contributed by atoms with Gasteiger partial charge in [0.2, 0.25) is 0 Å². The Morgan fingerprint density at radius 2 is 1.75 bits per heavy atom. The summed E-state index contributed by atoms with van der Waals surface area (Å²) in [6.45, 7) is 0. The van der Waals surface area contributed by atoms with Crippen LogP contribution in [-0.4, -0.2) is 88.8 Å². The molecule has 0 aromatic carbocycles. The largest absolute Gasteiger partial charge is 2.00 e. The molecule has 0 saturated heterocycles. The van der Waals surface area contributed by atoms with E-state index in [9.17, 15) is 4.57 Å². The van der Waals surface area contributed by atoms with Crippen LogP contribution in [0.25, 0.3) is 0 Å². The summed E-state index contributed by atoms with van der Waals surface area (Å²) < 4.78 is 13.2. The summed E-state index contributed by atoms with van der Waals surface area (Å²) in [5.41, 5.74) is 0. The van der Waals surface area contributed by atoms with Gasteiger partial charge in [0, 0.05) is 0 Å². The third kappa shape index (κ3) is 15.8. The Hall–Kier alpha value is 2.57. The molecule has 0 saturated carbocycles. The van der Waals surface area contributed by atoms with Crippen molar-refractivity contribution in [3.63, 3.8) is 0 Å². The van der Waals surface area contributed by atoms with E-state index < -0.39 is 7.82 Å². The summed E-state index contributed by atoms with van der Waals surface area (Å²) in [6.07, 6.45) is 0. The molecule has 0 aromatic rings. The Bertz CT molecular complexity index is 91.1. The Labute approximate surface area is 110 Å². The smallest absolute Gasteiger partial charge is 1.00 e. The van der Waals surface area contributed by atoms with Gasteiger partial charge in [-0.3, -0.25) is 0 Å². The first-order chi connectivity index (χ1) is 2.56. The molecule has 0 unspecified atom stereocenters. The van der Waals surface area contributed by atoms with Crippen molar-refractivity contribution in [1.29, 1.82) is 0 Å². The van der Waals surface area contributed by atoms with Crippen molar-refractivity contribution in [2.24, 2.45) is 0 Å². The van der Waals surface area contributed by atoms with Crippen molar-refractivity contribution >= 4 is 86.8 Å². The standard InChI is InChI=1S/Mg.H5O4PSi.Sr.4H/c;1-5(2,3)4-6;;;;;/h;6H3,(H2,1,2,3);;;;;/q+2;;+2;4*-1. The minimum atomic E-state index is -4.08. The maximum absolute atomic E-state index is 9.51. The first-order valence-corrected chi connectivity index (χ1v) is 3.52. The normalized spacial score (nSPS) is 9.25. The average Bonchev–Trinajstić information content (AvgIpc) is 1.35. The molecule has 8 heteroatoms. The molecule has 8 heavy (non-hydrogen) atoms. The van der Waals surface area contributed by atoms with E-state index in [0.717, 1.165) is 0 Å². The maximum atomic E-state index is 9.51. The van der Waals surface area contributed by atoms with E-state index >= 15 is 0 Å². The molecule has 4 nitrogen and oxygen atoms in total. The summed E-state index contributed by atoms with van der Waals surface area (Å²) in [7, 11) is -4.00. The molecule has 0 aliphatic rings. The van der Waals surface area contributed by atoms with Crippen LogP contribution in [0.1, 0.15) is 5.71 Å². The molecule has 46 valence electrons. The fourth-order valence-corrected chi connectivity index (χ4v) is 0. The monoisotopic (exact) mass is 244 g/mol. The Kier molecular flexibility index (Phi) is 16.2. The Morgan fingerprint density at radius 3 is 1.75 bits per heavy atom. The third-order valence-electron chi connectivity index (χ3n) is 0.238. The van der Waals surface area contributed by atoms with Crippen molar-refractivity contribution in [3.8, 4) is 0 Å². The fourth-order valence-electron chi connectivity index (χ4n) is 0. The zero-order valence-corrected chi connectivity index (χ0v) is 12.4. The molecule has 0 aliphatic heterocycles. The van der Waals surface area contributed by atoms with E-state index in [1.54, 1.807) is 0 Å². The van der Waals surface area contributed by atoms with Crippen molar-refractivity contribution in [2.45, 2.75) is 0 Å². The molecule has 0 spiro atoms. The molecule has 2 N–H and O–H groups in total. The van der Waals surface area contributed by atoms with Gasteiger partial charge in [-0.2, -0.15) is 0 Å². The summed E-state index contributed by atoms with van der Waals surface area (Å²) in [5.74, 6) is 0. The van der Waals surface area contributed by atoms with Crippen molar-refractivity contribution in [3.05, 3.63) is 0 Å². The molecule has 0 aliphatic carbocycles. The van der Waals surface area contributed by atoms with Crippen LogP contribution in [0.15, 0.2) is 0 Å². The van der Waals surface area contributed by atoms with Crippen molar-refractivity contribution in [1.82, 2.24) is 0 Å². The first kappa shape index (κ1) is 16.9. The van der Waals surface area contributed by atoms with Gasteiger partial charge in [0.15, 0.2) is 10.5 Å². The van der Waals surface area contributed by atoms with Gasteiger partial charge >= 0.3 is 76.4 Å². The molecule has 0 bridgehead atoms. The second-order valence-corrected chi connectivity index (χ2v) is 3.11. The van der Waals surface area contributed by atoms with Gasteiger partial charge in [0.1, 0.15) is 0 Å². The second kappa shape index (κ2) is 7.68. The number of phosphoric acid groups is 1. The molecule has 0 heterocycles. The van der Waals surface area contributed by atoms with Crippen LogP contribution in [0.2, 0.25) is 0 Å². The van der Waals surface area contributed by atoms with Gasteiger partial charge in [-0.1, -0.05) is 0 Å². The summed E-state index contributed by atoms with van der Waals surface area (Å²) >= 11 is 0. The third-order valence-corrected chi connectivity index (χ3v) is 2.14. The van der Waals surface area contributed by atoms with Gasteiger partial charge < -0.3 is 19.7 Å². The zero-order valence-electron chi connectivity index (χ0n) is 8.57. The van der Waals surface area contributed by atoms with Gasteiger partial charge in [-0.25, -0.2) is 4.57 Å². The van der Waals surface area contributed by atoms with Crippen LogP contribution in [0.4, 0.5) is 0 Å². The summed E-state index contributed by atoms with van der Waals surface area (Å²) in [6, 6.07) is 0. The topological polar surface area (TPSA) is 66.8 Å². The van der Waals surface area contributed by atoms with Crippen LogP contribution in [0.5, 0.6) is 0 Å². The van der Waals surface area contributed by atoms with Crippen LogP contribution in [-0.2, 0) is 8.78 Å². The average molecular weight is 244 g/mol. The van der Waals surface area contributed by atoms with Crippen LogP contribution >= 0.6 is 7.82 Å². The summed E-state index contributed by atoms with van der Waals surface area (Å²) in [4.78, 5) is 15.5. The molecular formula is H9MgO4PSiSr. The van der Waals surface area contributed by atoms with Gasteiger partial charge in [-0.15, -0.1) is 0 Å². The quantitative estimate of drug-likeness (QED) is 0.416. The Morgan fingerprint density at radius 1 is 1.62 bits per heavy atom. The molecule has 0 aromatic heterocycles. The van der Waals surface area contributed by atoms with E-state index in [4.69, 9.17) is 9.79 Å². The van der Waals surface area contributed by atoms with E-state index in [1.807, 2.05) is 0 Å². The molecule has 0 atom stereocenters. The summed E-state index contributed by atoms with van der Waals surface area (Å²) in [5, 5.41) is 0. The molecule has 0 rings (SSSR count). The van der Waals surface area contributed by atoms with E-state index in [0.29, 0.717) is 0 Å². The van der Waals surface area contributed by atoms with Crippen LogP contribution in [0.3, 0.4) is 0 Å². The van der Waals surface area contributed by atoms with Crippen molar-refractivity contribution < 1.29 is 24.3 Å². The predicted octanol–water partition coefficient (Wildman–Crippen LogP) is -1.94. The van der Waals surface area contributed by atoms with Crippen molar-refractivity contribution in [2.75, 3.05) is 0 Å². The maximum Gasteiger partial charge on any atom is 2.00 e. The molecule has 0 amide bonds. The van der Waals surface area contributed by atoms with Gasteiger partial charge in [0.05, 0.1) is 0 Å². The van der Waals surface area contributed by atoms with E-state index in [-0.39, 0.29) is 84.7 Å².